The fraction of sp³-hybridized carbons (Fsp3) is 0.0545. The summed E-state index contributed by atoms with van der Waals surface area (Å²) in [7, 11) is 0. The Bertz CT molecular complexity index is 3440. The van der Waals surface area contributed by atoms with Crippen LogP contribution in [-0.2, 0) is 5.41 Å². The molecule has 12 rings (SSSR count). The quantitative estimate of drug-likeness (QED) is 0.175. The number of benzene rings is 8. The lowest BCUT2D eigenvalue weighted by atomic mass is 9.81. The van der Waals surface area contributed by atoms with E-state index in [1.54, 1.807) is 0 Å². The van der Waals surface area contributed by atoms with Crippen molar-refractivity contribution >= 4 is 43.6 Å². The summed E-state index contributed by atoms with van der Waals surface area (Å²) in [6, 6.07) is 67.8. The molecule has 0 radical (unpaired) electrons. The van der Waals surface area contributed by atoms with E-state index >= 15 is 0 Å². The maximum absolute atomic E-state index is 5.27. The molecule has 0 aliphatic heterocycles. The molecular formula is C55H38N4. The Morgan fingerprint density at radius 1 is 0.424 bits per heavy atom. The zero-order valence-corrected chi connectivity index (χ0v) is 32.8. The minimum atomic E-state index is -0.0397. The molecule has 278 valence electrons. The molecule has 4 heteroatoms. The van der Waals surface area contributed by atoms with Crippen molar-refractivity contribution in [3.63, 3.8) is 0 Å². The van der Waals surface area contributed by atoms with E-state index in [0.717, 1.165) is 39.1 Å². The lowest BCUT2D eigenvalue weighted by Gasteiger charge is -2.22. The minimum Gasteiger partial charge on any atom is -0.316 e. The summed E-state index contributed by atoms with van der Waals surface area (Å²) in [6.07, 6.45) is 2.17. The number of rotatable bonds is 5. The van der Waals surface area contributed by atoms with E-state index in [1.807, 2.05) is 0 Å². The zero-order chi connectivity index (χ0) is 39.2. The highest BCUT2D eigenvalue weighted by molar-refractivity contribution is 6.13. The second kappa shape index (κ2) is 12.7. The Morgan fingerprint density at radius 2 is 1.10 bits per heavy atom. The van der Waals surface area contributed by atoms with Crippen LogP contribution in [0.3, 0.4) is 0 Å². The summed E-state index contributed by atoms with van der Waals surface area (Å²) in [6.45, 7) is 4.67. The van der Waals surface area contributed by atoms with Crippen LogP contribution < -0.4 is 0 Å². The highest BCUT2D eigenvalue weighted by Crippen LogP contribution is 2.49. The van der Waals surface area contributed by atoms with Gasteiger partial charge in [-0.15, -0.1) is 0 Å². The van der Waals surface area contributed by atoms with Crippen LogP contribution in [0.4, 0.5) is 0 Å². The molecule has 0 amide bonds. The summed E-state index contributed by atoms with van der Waals surface area (Å²) >= 11 is 0. The van der Waals surface area contributed by atoms with E-state index in [9.17, 15) is 0 Å². The van der Waals surface area contributed by atoms with Gasteiger partial charge in [-0.05, 0) is 106 Å². The molecule has 0 atom stereocenters. The highest BCUT2D eigenvalue weighted by atomic mass is 15.0. The zero-order valence-electron chi connectivity index (χ0n) is 32.8. The van der Waals surface area contributed by atoms with E-state index in [4.69, 9.17) is 9.97 Å². The van der Waals surface area contributed by atoms with E-state index < -0.39 is 0 Å². The van der Waals surface area contributed by atoms with Crippen molar-refractivity contribution < 1.29 is 0 Å². The smallest absolute Gasteiger partial charge is 0.160 e. The molecule has 0 N–H and O–H groups in total. The second-order valence-corrected chi connectivity index (χ2v) is 16.3. The van der Waals surface area contributed by atoms with Gasteiger partial charge in [-0.25, -0.2) is 9.97 Å². The number of nitrogens with zero attached hydrogens (tertiary/aromatic N) is 4. The van der Waals surface area contributed by atoms with Crippen LogP contribution in [0.5, 0.6) is 0 Å². The van der Waals surface area contributed by atoms with Gasteiger partial charge in [-0.1, -0.05) is 129 Å². The Kier molecular flexibility index (Phi) is 7.24. The monoisotopic (exact) mass is 754 g/mol. The molecule has 11 aromatic rings. The first-order valence-corrected chi connectivity index (χ1v) is 20.3. The first kappa shape index (κ1) is 33.6. The average Bonchev–Trinajstić information content (AvgIpc) is 3.93. The summed E-state index contributed by atoms with van der Waals surface area (Å²) < 4.78 is 4.65. The Labute approximate surface area is 342 Å². The molecular weight excluding hydrogens is 717 g/mol. The third-order valence-electron chi connectivity index (χ3n) is 12.6. The third kappa shape index (κ3) is 5.16. The molecule has 3 heterocycles. The first-order valence-electron chi connectivity index (χ1n) is 20.3. The van der Waals surface area contributed by atoms with Crippen molar-refractivity contribution in [2.45, 2.75) is 19.3 Å². The van der Waals surface area contributed by atoms with Gasteiger partial charge in [0.2, 0.25) is 0 Å². The van der Waals surface area contributed by atoms with Gasteiger partial charge in [0.1, 0.15) is 0 Å². The van der Waals surface area contributed by atoms with Gasteiger partial charge in [-0.2, -0.15) is 0 Å². The summed E-state index contributed by atoms with van der Waals surface area (Å²) in [5, 5.41) is 4.73. The van der Waals surface area contributed by atoms with Gasteiger partial charge >= 0.3 is 0 Å². The van der Waals surface area contributed by atoms with Crippen molar-refractivity contribution in [2.24, 2.45) is 0 Å². The molecule has 0 saturated carbocycles. The van der Waals surface area contributed by atoms with Crippen LogP contribution in [0.15, 0.2) is 194 Å². The molecule has 59 heavy (non-hydrogen) atoms. The van der Waals surface area contributed by atoms with Gasteiger partial charge < -0.3 is 9.13 Å². The second-order valence-electron chi connectivity index (χ2n) is 16.3. The Hall–Kier alpha value is -7.56. The number of hydrogen-bond donors (Lipinski definition) is 0. The SMILES string of the molecule is CC1(C)c2ccccc2-c2ccc(-c3ccc(-c4nc(-c5ccc(-n6c7ccccc7c7cc8ccn(-c9ccccc9)c8cc76)cc5)nc5ccccc45)cc3)cc21. The van der Waals surface area contributed by atoms with Crippen molar-refractivity contribution in [2.75, 3.05) is 0 Å². The number of para-hydroxylation sites is 3. The number of aromatic nitrogens is 4. The normalized spacial score (nSPS) is 13.1. The summed E-state index contributed by atoms with van der Waals surface area (Å²) in [4.78, 5) is 10.4. The van der Waals surface area contributed by atoms with Crippen LogP contribution in [0, 0.1) is 0 Å². The topological polar surface area (TPSA) is 35.6 Å². The van der Waals surface area contributed by atoms with Crippen molar-refractivity contribution in [1.82, 2.24) is 19.1 Å². The molecule has 8 aromatic carbocycles. The third-order valence-corrected chi connectivity index (χ3v) is 12.6. The lowest BCUT2D eigenvalue weighted by molar-refractivity contribution is 0.660. The fourth-order valence-corrected chi connectivity index (χ4v) is 9.58. The molecule has 0 saturated heterocycles. The van der Waals surface area contributed by atoms with Crippen LogP contribution in [0.25, 0.3) is 99.9 Å². The average molecular weight is 755 g/mol. The Morgan fingerprint density at radius 3 is 1.95 bits per heavy atom. The van der Waals surface area contributed by atoms with Gasteiger partial charge in [-0.3, -0.25) is 0 Å². The van der Waals surface area contributed by atoms with E-state index in [-0.39, 0.29) is 5.41 Å². The van der Waals surface area contributed by atoms with Crippen molar-refractivity contribution in [3.8, 4) is 56.3 Å². The molecule has 0 bridgehead atoms. The lowest BCUT2D eigenvalue weighted by Crippen LogP contribution is -2.14. The maximum Gasteiger partial charge on any atom is 0.160 e. The first-order chi connectivity index (χ1) is 29.0. The molecule has 0 unspecified atom stereocenters. The van der Waals surface area contributed by atoms with Gasteiger partial charge in [0.15, 0.2) is 5.82 Å². The van der Waals surface area contributed by atoms with Crippen LogP contribution >= 0.6 is 0 Å². The van der Waals surface area contributed by atoms with E-state index in [1.165, 1.54) is 66.1 Å². The number of fused-ring (bicyclic) bond motifs is 8. The molecule has 4 nitrogen and oxygen atoms in total. The van der Waals surface area contributed by atoms with Crippen LogP contribution in [-0.4, -0.2) is 19.1 Å². The van der Waals surface area contributed by atoms with Crippen LogP contribution in [0.1, 0.15) is 25.0 Å². The summed E-state index contributed by atoms with van der Waals surface area (Å²) in [5.41, 5.74) is 17.5. The minimum absolute atomic E-state index is 0.0397. The maximum atomic E-state index is 5.27. The van der Waals surface area contributed by atoms with Gasteiger partial charge in [0.05, 0.1) is 27.8 Å². The van der Waals surface area contributed by atoms with E-state index in [2.05, 4.69) is 217 Å². The van der Waals surface area contributed by atoms with Crippen molar-refractivity contribution in [1.29, 1.82) is 0 Å². The summed E-state index contributed by atoms with van der Waals surface area (Å²) in [5.74, 6) is 0.708. The highest BCUT2D eigenvalue weighted by Gasteiger charge is 2.35. The standard InChI is InChI=1S/C55H38N4/c1-55(2)47-17-9-6-14-42(47)43-29-26-38(33-48(43)55)35-20-22-36(23-21-35)53-45-16-7-10-18-49(45)56-54(57-53)37-24-27-41(28-25-37)59-50-19-11-8-15-44(50)46-32-39-30-31-58(51(39)34-52(46)59)40-12-4-3-5-13-40/h3-34H,1-2H3. The molecule has 1 aliphatic carbocycles. The predicted molar refractivity (Wildman–Crippen MR) is 245 cm³/mol. The van der Waals surface area contributed by atoms with Crippen molar-refractivity contribution in [3.05, 3.63) is 205 Å². The van der Waals surface area contributed by atoms with Crippen LogP contribution in [0.2, 0.25) is 0 Å². The van der Waals surface area contributed by atoms with Gasteiger partial charge in [0, 0.05) is 55.7 Å². The number of hydrogen-bond acceptors (Lipinski definition) is 2. The molecule has 0 fully saturated rings. The molecule has 1 aliphatic rings. The molecule has 3 aromatic heterocycles. The Balaban J connectivity index is 0.922. The van der Waals surface area contributed by atoms with Gasteiger partial charge in [0.25, 0.3) is 0 Å². The fourth-order valence-electron chi connectivity index (χ4n) is 9.58. The molecule has 0 spiro atoms. The largest absolute Gasteiger partial charge is 0.316 e. The predicted octanol–water partition coefficient (Wildman–Crippen LogP) is 14.0. The van der Waals surface area contributed by atoms with E-state index in [0.29, 0.717) is 5.82 Å².